The van der Waals surface area contributed by atoms with E-state index in [9.17, 15) is 9.90 Å². The first-order valence-electron chi connectivity index (χ1n) is 6.47. The van der Waals surface area contributed by atoms with E-state index in [2.05, 4.69) is 18.7 Å². The van der Waals surface area contributed by atoms with E-state index < -0.39 is 0 Å². The van der Waals surface area contributed by atoms with Gasteiger partial charge < -0.3 is 9.84 Å². The van der Waals surface area contributed by atoms with Crippen LogP contribution in [0.3, 0.4) is 0 Å². The first-order chi connectivity index (χ1) is 8.15. The molecule has 2 aliphatic rings. The molecule has 1 amide bonds. The molecule has 0 aromatic rings. The van der Waals surface area contributed by atoms with Crippen molar-refractivity contribution in [3.05, 3.63) is 0 Å². The molecule has 0 aliphatic carbocycles. The third-order valence-electron chi connectivity index (χ3n) is 3.71. The number of likely N-dealkylation sites (tertiary alicyclic amines) is 1. The summed E-state index contributed by atoms with van der Waals surface area (Å²) in [5.41, 5.74) is 0. The Balaban J connectivity index is 2.14. The highest BCUT2D eigenvalue weighted by molar-refractivity contribution is 5.70. The minimum absolute atomic E-state index is 0.0197. The number of ether oxygens (including phenoxy) is 1. The summed E-state index contributed by atoms with van der Waals surface area (Å²) in [6.07, 6.45) is 3.11. The minimum Gasteiger partial charge on any atom is -0.447 e. The molecule has 0 saturated carbocycles. The van der Waals surface area contributed by atoms with Crippen molar-refractivity contribution in [3.63, 3.8) is 0 Å². The quantitative estimate of drug-likeness (QED) is 0.803. The zero-order chi connectivity index (χ0) is 12.4. The van der Waals surface area contributed by atoms with E-state index in [1.165, 1.54) is 6.42 Å². The summed E-state index contributed by atoms with van der Waals surface area (Å²) in [6.45, 7) is 5.61. The number of carbonyl (C=O) groups excluding carboxylic acids is 1. The number of aliphatic hydroxyl groups excluding tert-OH is 1. The van der Waals surface area contributed by atoms with Gasteiger partial charge in [0.1, 0.15) is 6.61 Å². The van der Waals surface area contributed by atoms with E-state index >= 15 is 0 Å². The maximum absolute atomic E-state index is 11.8. The Morgan fingerprint density at radius 3 is 2.88 bits per heavy atom. The molecule has 0 aromatic heterocycles. The molecule has 0 aromatic carbocycles. The summed E-state index contributed by atoms with van der Waals surface area (Å²) < 4.78 is 5.05. The molecule has 1 N–H and O–H groups in total. The maximum atomic E-state index is 11.8. The predicted molar refractivity (Wildman–Crippen MR) is 63.5 cm³/mol. The van der Waals surface area contributed by atoms with Gasteiger partial charge in [-0.2, -0.15) is 0 Å². The van der Waals surface area contributed by atoms with Gasteiger partial charge in [0.05, 0.1) is 18.8 Å². The van der Waals surface area contributed by atoms with Crippen LogP contribution in [0.2, 0.25) is 0 Å². The number of amides is 1. The Hall–Kier alpha value is -0.810. The largest absolute Gasteiger partial charge is 0.447 e. The second-order valence-corrected chi connectivity index (χ2v) is 5.13. The SMILES string of the molecule is CC(C)N1CCCCC1N1C(=O)OCC1CO. The lowest BCUT2D eigenvalue weighted by Crippen LogP contribution is -2.56. The molecule has 2 fully saturated rings. The summed E-state index contributed by atoms with van der Waals surface area (Å²) >= 11 is 0. The van der Waals surface area contributed by atoms with E-state index in [0.717, 1.165) is 19.4 Å². The van der Waals surface area contributed by atoms with Gasteiger partial charge in [0.25, 0.3) is 0 Å². The molecule has 5 nitrogen and oxygen atoms in total. The number of aliphatic hydroxyl groups is 1. The van der Waals surface area contributed by atoms with Crippen LogP contribution < -0.4 is 0 Å². The highest BCUT2D eigenvalue weighted by Crippen LogP contribution is 2.27. The van der Waals surface area contributed by atoms with Crippen LogP contribution in [0.4, 0.5) is 4.79 Å². The molecule has 0 spiro atoms. The molecule has 2 atom stereocenters. The van der Waals surface area contributed by atoms with Gasteiger partial charge in [-0.15, -0.1) is 0 Å². The van der Waals surface area contributed by atoms with E-state index in [1.54, 1.807) is 4.90 Å². The third-order valence-corrected chi connectivity index (χ3v) is 3.71. The van der Waals surface area contributed by atoms with Gasteiger partial charge in [0, 0.05) is 12.6 Å². The maximum Gasteiger partial charge on any atom is 0.411 e. The topological polar surface area (TPSA) is 53.0 Å². The van der Waals surface area contributed by atoms with Crippen molar-refractivity contribution in [2.45, 2.75) is 51.4 Å². The lowest BCUT2D eigenvalue weighted by molar-refractivity contribution is -0.00220. The fourth-order valence-electron chi connectivity index (χ4n) is 2.81. The van der Waals surface area contributed by atoms with Crippen molar-refractivity contribution >= 4 is 6.09 Å². The Morgan fingerprint density at radius 1 is 1.47 bits per heavy atom. The molecule has 5 heteroatoms. The molecule has 0 bridgehead atoms. The summed E-state index contributed by atoms with van der Waals surface area (Å²) in [4.78, 5) is 15.8. The standard InChI is InChI=1S/C12H22N2O3/c1-9(2)13-6-4-3-5-11(13)14-10(7-15)8-17-12(14)16/h9-11,15H,3-8H2,1-2H3. The summed E-state index contributed by atoms with van der Waals surface area (Å²) in [7, 11) is 0. The molecule has 2 unspecified atom stereocenters. The van der Waals surface area contributed by atoms with Crippen LogP contribution in [0, 0.1) is 0 Å². The third kappa shape index (κ3) is 2.40. The highest BCUT2D eigenvalue weighted by atomic mass is 16.6. The van der Waals surface area contributed by atoms with Gasteiger partial charge in [-0.05, 0) is 33.1 Å². The molecule has 17 heavy (non-hydrogen) atoms. The van der Waals surface area contributed by atoms with Gasteiger partial charge >= 0.3 is 6.09 Å². The van der Waals surface area contributed by atoms with Crippen LogP contribution in [0.15, 0.2) is 0 Å². The zero-order valence-electron chi connectivity index (χ0n) is 10.6. The van der Waals surface area contributed by atoms with E-state index in [4.69, 9.17) is 4.74 Å². The van der Waals surface area contributed by atoms with Crippen LogP contribution in [0.5, 0.6) is 0 Å². The average molecular weight is 242 g/mol. The van der Waals surface area contributed by atoms with E-state index in [1.807, 2.05) is 0 Å². The summed E-state index contributed by atoms with van der Waals surface area (Å²) in [6, 6.07) is 0.236. The van der Waals surface area contributed by atoms with Crippen LogP contribution in [-0.2, 0) is 4.74 Å². The molecule has 98 valence electrons. The number of carbonyl (C=O) groups is 1. The molecule has 2 aliphatic heterocycles. The van der Waals surface area contributed by atoms with Crippen molar-refractivity contribution < 1.29 is 14.6 Å². The molecule has 0 radical (unpaired) electrons. The van der Waals surface area contributed by atoms with E-state index in [-0.39, 0.29) is 24.9 Å². The first kappa shape index (κ1) is 12.6. The molecular formula is C12H22N2O3. The Labute approximate surface area is 102 Å². The Bertz CT molecular complexity index is 283. The molecule has 2 rings (SSSR count). The summed E-state index contributed by atoms with van der Waals surface area (Å²) in [5, 5.41) is 9.32. The van der Waals surface area contributed by atoms with Gasteiger partial charge in [-0.1, -0.05) is 0 Å². The fraction of sp³-hybridized carbons (Fsp3) is 0.917. The highest BCUT2D eigenvalue weighted by Gasteiger charge is 2.41. The fourth-order valence-corrected chi connectivity index (χ4v) is 2.81. The second kappa shape index (κ2) is 5.23. The van der Waals surface area contributed by atoms with Crippen molar-refractivity contribution in [2.75, 3.05) is 19.8 Å². The van der Waals surface area contributed by atoms with Gasteiger partial charge in [0.2, 0.25) is 0 Å². The normalized spacial score (nSPS) is 31.1. The van der Waals surface area contributed by atoms with Gasteiger partial charge in [-0.25, -0.2) is 4.79 Å². The van der Waals surface area contributed by atoms with Crippen LogP contribution >= 0.6 is 0 Å². The minimum atomic E-state index is -0.276. The zero-order valence-corrected chi connectivity index (χ0v) is 10.6. The number of rotatable bonds is 3. The number of hydrogen-bond donors (Lipinski definition) is 1. The van der Waals surface area contributed by atoms with Crippen molar-refractivity contribution in [1.29, 1.82) is 0 Å². The smallest absolute Gasteiger partial charge is 0.411 e. The molecule has 2 heterocycles. The van der Waals surface area contributed by atoms with Crippen molar-refractivity contribution in [1.82, 2.24) is 9.80 Å². The predicted octanol–water partition coefficient (Wildman–Crippen LogP) is 1.02. The van der Waals surface area contributed by atoms with Gasteiger partial charge in [-0.3, -0.25) is 9.80 Å². The Kier molecular flexibility index (Phi) is 3.89. The monoisotopic (exact) mass is 242 g/mol. The average Bonchev–Trinajstić information content (AvgIpc) is 2.70. The van der Waals surface area contributed by atoms with Crippen LogP contribution in [-0.4, -0.2) is 59.0 Å². The lowest BCUT2D eigenvalue weighted by atomic mass is 10.0. The van der Waals surface area contributed by atoms with Crippen LogP contribution in [0.25, 0.3) is 0 Å². The first-order valence-corrected chi connectivity index (χ1v) is 6.47. The van der Waals surface area contributed by atoms with Crippen LogP contribution in [0.1, 0.15) is 33.1 Å². The molecular weight excluding hydrogens is 220 g/mol. The lowest BCUT2D eigenvalue weighted by Gasteiger charge is -2.43. The summed E-state index contributed by atoms with van der Waals surface area (Å²) in [5.74, 6) is 0. The Morgan fingerprint density at radius 2 is 2.24 bits per heavy atom. The number of cyclic esters (lactones) is 1. The molecule has 2 saturated heterocycles. The number of nitrogens with zero attached hydrogens (tertiary/aromatic N) is 2. The van der Waals surface area contributed by atoms with Gasteiger partial charge in [0.15, 0.2) is 0 Å². The van der Waals surface area contributed by atoms with Crippen molar-refractivity contribution in [3.8, 4) is 0 Å². The van der Waals surface area contributed by atoms with Crippen molar-refractivity contribution in [2.24, 2.45) is 0 Å². The number of piperidine rings is 1. The number of hydrogen-bond acceptors (Lipinski definition) is 4. The second-order valence-electron chi connectivity index (χ2n) is 5.13. The van der Waals surface area contributed by atoms with E-state index in [0.29, 0.717) is 12.6 Å².